The average Bonchev–Trinajstić information content (AvgIpc) is 1.62. The standard InChI is InChI=1S/C7H7Br/c1-2-7(8)6-4-3-5-6/h1H,3-5H2. The van der Waals surface area contributed by atoms with Gasteiger partial charge in [-0.15, -0.1) is 6.42 Å². The lowest BCUT2D eigenvalue weighted by atomic mass is 9.92. The van der Waals surface area contributed by atoms with Crippen LogP contribution in [0.1, 0.15) is 19.3 Å². The van der Waals surface area contributed by atoms with E-state index in [2.05, 4.69) is 21.9 Å². The molecule has 1 heteroatoms. The minimum absolute atomic E-state index is 0.976. The molecule has 1 fully saturated rings. The van der Waals surface area contributed by atoms with Crippen molar-refractivity contribution >= 4 is 15.9 Å². The molecule has 1 aliphatic carbocycles. The molecule has 0 bridgehead atoms. The fourth-order valence-corrected chi connectivity index (χ4v) is 1.07. The zero-order chi connectivity index (χ0) is 5.98. The van der Waals surface area contributed by atoms with E-state index in [4.69, 9.17) is 6.42 Å². The van der Waals surface area contributed by atoms with Gasteiger partial charge in [-0.05, 0) is 40.8 Å². The first-order valence-electron chi connectivity index (χ1n) is 2.68. The van der Waals surface area contributed by atoms with E-state index in [1.807, 2.05) is 0 Å². The van der Waals surface area contributed by atoms with Crippen molar-refractivity contribution in [2.45, 2.75) is 19.3 Å². The summed E-state index contributed by atoms with van der Waals surface area (Å²) in [6.07, 6.45) is 8.84. The Morgan fingerprint density at radius 3 is 2.38 bits per heavy atom. The fraction of sp³-hybridized carbons (Fsp3) is 0.429. The van der Waals surface area contributed by atoms with Gasteiger partial charge in [-0.25, -0.2) is 0 Å². The van der Waals surface area contributed by atoms with Crippen LogP contribution in [0.15, 0.2) is 10.1 Å². The van der Waals surface area contributed by atoms with Gasteiger partial charge in [0, 0.05) is 0 Å². The number of rotatable bonds is 0. The Hall–Kier alpha value is -0.220. The molecule has 0 aromatic heterocycles. The molecule has 0 heterocycles. The van der Waals surface area contributed by atoms with Crippen LogP contribution in [0.3, 0.4) is 0 Å². The molecule has 1 rings (SSSR count). The van der Waals surface area contributed by atoms with E-state index in [0.29, 0.717) is 0 Å². The first-order chi connectivity index (χ1) is 3.84. The Labute approximate surface area is 58.1 Å². The molecule has 0 amide bonds. The van der Waals surface area contributed by atoms with Crippen molar-refractivity contribution in [3.05, 3.63) is 10.1 Å². The van der Waals surface area contributed by atoms with Crippen LogP contribution in [0.5, 0.6) is 0 Å². The van der Waals surface area contributed by atoms with E-state index in [0.717, 1.165) is 4.48 Å². The highest BCUT2D eigenvalue weighted by Crippen LogP contribution is 2.30. The molecule has 0 nitrogen and oxygen atoms in total. The molecule has 0 aromatic rings. The quantitative estimate of drug-likeness (QED) is 0.491. The third-order valence-corrected chi connectivity index (χ3v) is 2.18. The van der Waals surface area contributed by atoms with E-state index in [9.17, 15) is 0 Å². The van der Waals surface area contributed by atoms with Crippen molar-refractivity contribution in [3.63, 3.8) is 0 Å². The van der Waals surface area contributed by atoms with Crippen LogP contribution < -0.4 is 0 Å². The van der Waals surface area contributed by atoms with Gasteiger partial charge >= 0.3 is 0 Å². The van der Waals surface area contributed by atoms with Gasteiger partial charge in [0.2, 0.25) is 0 Å². The van der Waals surface area contributed by atoms with E-state index >= 15 is 0 Å². The van der Waals surface area contributed by atoms with Gasteiger partial charge < -0.3 is 0 Å². The smallest absolute Gasteiger partial charge is 0.0663 e. The van der Waals surface area contributed by atoms with Crippen LogP contribution in [0, 0.1) is 12.3 Å². The van der Waals surface area contributed by atoms with Crippen LogP contribution in [-0.2, 0) is 0 Å². The summed E-state index contributed by atoms with van der Waals surface area (Å²) in [6, 6.07) is 0. The topological polar surface area (TPSA) is 0 Å². The summed E-state index contributed by atoms with van der Waals surface area (Å²) in [6.45, 7) is 0. The summed E-state index contributed by atoms with van der Waals surface area (Å²) in [5.41, 5.74) is 1.41. The summed E-state index contributed by atoms with van der Waals surface area (Å²) < 4.78 is 0.976. The number of halogens is 1. The molecule has 1 saturated carbocycles. The van der Waals surface area contributed by atoms with Gasteiger partial charge in [0.05, 0.1) is 4.48 Å². The molecule has 0 atom stereocenters. The summed E-state index contributed by atoms with van der Waals surface area (Å²) in [7, 11) is 0. The summed E-state index contributed by atoms with van der Waals surface area (Å²) in [5, 5.41) is 0. The largest absolute Gasteiger partial charge is 0.114 e. The zero-order valence-electron chi connectivity index (χ0n) is 4.58. The summed E-state index contributed by atoms with van der Waals surface area (Å²) in [4.78, 5) is 0. The highest BCUT2D eigenvalue weighted by atomic mass is 79.9. The van der Waals surface area contributed by atoms with Crippen LogP contribution in [0.25, 0.3) is 0 Å². The first kappa shape index (κ1) is 5.91. The maximum atomic E-state index is 5.13. The SMILES string of the molecule is C#CC(Br)=C1CCC1. The van der Waals surface area contributed by atoms with Crippen molar-refractivity contribution in [1.82, 2.24) is 0 Å². The van der Waals surface area contributed by atoms with Gasteiger partial charge in [-0.1, -0.05) is 5.92 Å². The fourth-order valence-electron chi connectivity index (χ4n) is 0.675. The lowest BCUT2D eigenvalue weighted by Crippen LogP contribution is -1.97. The third-order valence-electron chi connectivity index (χ3n) is 1.39. The second-order valence-electron chi connectivity index (χ2n) is 1.92. The van der Waals surface area contributed by atoms with Crippen molar-refractivity contribution in [3.8, 4) is 12.3 Å². The molecule has 0 N–H and O–H groups in total. The molecule has 0 aliphatic heterocycles. The number of hydrogen-bond donors (Lipinski definition) is 0. The number of hydrogen-bond acceptors (Lipinski definition) is 0. The lowest BCUT2D eigenvalue weighted by Gasteiger charge is -2.15. The Kier molecular flexibility index (Phi) is 1.75. The van der Waals surface area contributed by atoms with Gasteiger partial charge in [-0.3, -0.25) is 0 Å². The van der Waals surface area contributed by atoms with E-state index in [-0.39, 0.29) is 0 Å². The van der Waals surface area contributed by atoms with E-state index in [1.54, 1.807) is 0 Å². The lowest BCUT2D eigenvalue weighted by molar-refractivity contribution is 0.662. The predicted molar refractivity (Wildman–Crippen MR) is 38.6 cm³/mol. The Bertz CT molecular complexity index is 154. The second kappa shape index (κ2) is 2.37. The number of allylic oxidation sites excluding steroid dienone is 2. The van der Waals surface area contributed by atoms with E-state index in [1.165, 1.54) is 24.8 Å². The normalized spacial score (nSPS) is 16.8. The zero-order valence-corrected chi connectivity index (χ0v) is 6.16. The number of terminal acetylenes is 1. The van der Waals surface area contributed by atoms with Crippen molar-refractivity contribution in [1.29, 1.82) is 0 Å². The molecule has 8 heavy (non-hydrogen) atoms. The Morgan fingerprint density at radius 1 is 1.62 bits per heavy atom. The molecule has 0 saturated heterocycles. The molecular formula is C7H7Br. The molecular weight excluding hydrogens is 164 g/mol. The third kappa shape index (κ3) is 0.952. The first-order valence-corrected chi connectivity index (χ1v) is 3.48. The highest BCUT2D eigenvalue weighted by molar-refractivity contribution is 9.12. The molecule has 0 aromatic carbocycles. The van der Waals surface area contributed by atoms with Crippen LogP contribution in [-0.4, -0.2) is 0 Å². The molecule has 42 valence electrons. The van der Waals surface area contributed by atoms with Gasteiger partial charge in [0.25, 0.3) is 0 Å². The maximum Gasteiger partial charge on any atom is 0.0663 e. The van der Waals surface area contributed by atoms with Crippen molar-refractivity contribution in [2.24, 2.45) is 0 Å². The predicted octanol–water partition coefficient (Wildman–Crippen LogP) is 2.45. The average molecular weight is 171 g/mol. The summed E-state index contributed by atoms with van der Waals surface area (Å²) >= 11 is 3.30. The van der Waals surface area contributed by atoms with Gasteiger partial charge in [-0.2, -0.15) is 0 Å². The van der Waals surface area contributed by atoms with E-state index < -0.39 is 0 Å². The molecule has 0 unspecified atom stereocenters. The van der Waals surface area contributed by atoms with Crippen LogP contribution >= 0.6 is 15.9 Å². The van der Waals surface area contributed by atoms with Crippen LogP contribution in [0.4, 0.5) is 0 Å². The summed E-state index contributed by atoms with van der Waals surface area (Å²) in [5.74, 6) is 2.56. The minimum atomic E-state index is 0.976. The Morgan fingerprint density at radius 2 is 2.25 bits per heavy atom. The van der Waals surface area contributed by atoms with Crippen molar-refractivity contribution < 1.29 is 0 Å². The molecule has 0 radical (unpaired) electrons. The second-order valence-corrected chi connectivity index (χ2v) is 2.71. The maximum absolute atomic E-state index is 5.13. The molecule has 1 aliphatic rings. The minimum Gasteiger partial charge on any atom is -0.114 e. The van der Waals surface area contributed by atoms with Crippen molar-refractivity contribution in [2.75, 3.05) is 0 Å². The monoisotopic (exact) mass is 170 g/mol. The molecule has 0 spiro atoms. The van der Waals surface area contributed by atoms with Gasteiger partial charge in [0.15, 0.2) is 0 Å². The highest BCUT2D eigenvalue weighted by Gasteiger charge is 2.10. The van der Waals surface area contributed by atoms with Gasteiger partial charge in [0.1, 0.15) is 0 Å². The van der Waals surface area contributed by atoms with Crippen LogP contribution in [0.2, 0.25) is 0 Å². The Balaban J connectivity index is 2.64.